The molecule has 3 aromatic rings. The fourth-order valence-electron chi connectivity index (χ4n) is 2.75. The second kappa shape index (κ2) is 7.70. The molecule has 0 radical (unpaired) electrons. The van der Waals surface area contributed by atoms with Gasteiger partial charge in [-0.1, -0.05) is 24.3 Å². The molecular formula is C21H24N2O4. The topological polar surface area (TPSA) is 75.8 Å². The number of aliphatic carboxylic acids is 1. The molecule has 0 amide bonds. The Bertz CT molecular complexity index is 900. The lowest BCUT2D eigenvalue weighted by Crippen LogP contribution is -2.37. The summed E-state index contributed by atoms with van der Waals surface area (Å²) >= 11 is 0. The molecule has 1 N–H and O–H groups in total. The second-order valence-electron chi connectivity index (χ2n) is 6.86. The number of hydrogen-bond acceptors (Lipinski definition) is 5. The van der Waals surface area contributed by atoms with Gasteiger partial charge in [-0.15, -0.1) is 0 Å². The summed E-state index contributed by atoms with van der Waals surface area (Å²) in [6.07, 6.45) is 0.761. The summed E-state index contributed by atoms with van der Waals surface area (Å²) in [5, 5.41) is 9.22. The number of para-hydroxylation sites is 2. The van der Waals surface area contributed by atoms with Gasteiger partial charge < -0.3 is 19.2 Å². The monoisotopic (exact) mass is 368 g/mol. The van der Waals surface area contributed by atoms with Crippen molar-refractivity contribution in [3.63, 3.8) is 0 Å². The van der Waals surface area contributed by atoms with Crippen LogP contribution in [0, 0.1) is 0 Å². The molecule has 0 bridgehead atoms. The third kappa shape index (κ3) is 4.39. The molecule has 0 atom stereocenters. The van der Waals surface area contributed by atoms with Gasteiger partial charge in [-0.25, -0.2) is 4.79 Å². The van der Waals surface area contributed by atoms with Gasteiger partial charge in [0.1, 0.15) is 11.3 Å². The molecule has 2 aromatic carbocycles. The van der Waals surface area contributed by atoms with Crippen LogP contribution >= 0.6 is 0 Å². The lowest BCUT2D eigenvalue weighted by atomic mass is 10.1. The smallest absolute Gasteiger partial charge is 0.347 e. The number of rotatable bonds is 8. The number of carboxylic acids is 1. The van der Waals surface area contributed by atoms with Gasteiger partial charge >= 0.3 is 5.97 Å². The van der Waals surface area contributed by atoms with Crippen molar-refractivity contribution in [1.82, 2.24) is 4.98 Å². The van der Waals surface area contributed by atoms with E-state index in [9.17, 15) is 9.90 Å². The maximum atomic E-state index is 11.2. The minimum atomic E-state index is -1.27. The zero-order valence-electron chi connectivity index (χ0n) is 15.8. The van der Waals surface area contributed by atoms with E-state index in [-0.39, 0.29) is 0 Å². The number of carboxylic acid groups (broad SMARTS) is 1. The van der Waals surface area contributed by atoms with Crippen molar-refractivity contribution < 1.29 is 19.1 Å². The fourth-order valence-corrected chi connectivity index (χ4v) is 2.75. The predicted octanol–water partition coefficient (Wildman–Crippen LogP) is 4.14. The lowest BCUT2D eigenvalue weighted by Gasteiger charge is -2.22. The molecule has 0 spiro atoms. The number of fused-ring (bicyclic) bond motifs is 1. The van der Waals surface area contributed by atoms with Crippen molar-refractivity contribution in [2.24, 2.45) is 0 Å². The molecule has 0 aliphatic carbocycles. The van der Waals surface area contributed by atoms with E-state index >= 15 is 0 Å². The van der Waals surface area contributed by atoms with Crippen LogP contribution in [0.1, 0.15) is 26.3 Å². The highest BCUT2D eigenvalue weighted by atomic mass is 16.5. The van der Waals surface area contributed by atoms with E-state index in [1.54, 1.807) is 6.07 Å². The number of hydrogen-bond donors (Lipinski definition) is 1. The van der Waals surface area contributed by atoms with Gasteiger partial charge in [0.15, 0.2) is 11.2 Å². The van der Waals surface area contributed by atoms with Gasteiger partial charge in [-0.2, -0.15) is 4.98 Å². The molecule has 0 aliphatic heterocycles. The standard InChI is InChI=1S/C21H24N2O4/c1-4-23(20-22-17-10-5-6-11-18(17)26-20)13-12-15-8-7-9-16(14-15)27-21(2,3)19(24)25/h5-11,14H,4,12-13H2,1-3H3,(H,24,25). The van der Waals surface area contributed by atoms with Crippen LogP contribution in [0.25, 0.3) is 11.1 Å². The van der Waals surface area contributed by atoms with Crippen LogP contribution in [0.4, 0.5) is 6.01 Å². The average Bonchev–Trinajstić information content (AvgIpc) is 3.06. The second-order valence-corrected chi connectivity index (χ2v) is 6.86. The fraction of sp³-hybridized carbons (Fsp3) is 0.333. The third-order valence-corrected chi connectivity index (χ3v) is 4.39. The molecule has 27 heavy (non-hydrogen) atoms. The van der Waals surface area contributed by atoms with Crippen LogP contribution in [0.5, 0.6) is 5.75 Å². The Hall–Kier alpha value is -3.02. The SMILES string of the molecule is CCN(CCc1cccc(OC(C)(C)C(=O)O)c1)c1nc2ccccc2o1. The Kier molecular flexibility index (Phi) is 5.35. The maximum Gasteiger partial charge on any atom is 0.347 e. The van der Waals surface area contributed by atoms with Crippen LogP contribution in [0.3, 0.4) is 0 Å². The van der Waals surface area contributed by atoms with E-state index in [1.165, 1.54) is 13.8 Å². The van der Waals surface area contributed by atoms with Gasteiger partial charge in [0.25, 0.3) is 6.01 Å². The first-order valence-electron chi connectivity index (χ1n) is 9.01. The number of likely N-dealkylation sites (N-methyl/N-ethyl adjacent to an activating group) is 1. The van der Waals surface area contributed by atoms with Crippen LogP contribution in [0.15, 0.2) is 52.9 Å². The summed E-state index contributed by atoms with van der Waals surface area (Å²) in [6.45, 7) is 6.63. The van der Waals surface area contributed by atoms with Crippen molar-refractivity contribution in [1.29, 1.82) is 0 Å². The lowest BCUT2D eigenvalue weighted by molar-refractivity contribution is -0.152. The molecule has 142 valence electrons. The molecule has 6 heteroatoms. The molecule has 1 aromatic heterocycles. The summed E-state index contributed by atoms with van der Waals surface area (Å²) in [6, 6.07) is 15.8. The Balaban J connectivity index is 1.69. The number of benzene rings is 2. The van der Waals surface area contributed by atoms with Crippen molar-refractivity contribution in [2.75, 3.05) is 18.0 Å². The molecule has 1 heterocycles. The Morgan fingerprint density at radius 3 is 2.70 bits per heavy atom. The van der Waals surface area contributed by atoms with Gasteiger partial charge in [0.2, 0.25) is 0 Å². The average molecular weight is 368 g/mol. The number of anilines is 1. The largest absolute Gasteiger partial charge is 0.478 e. The maximum absolute atomic E-state index is 11.2. The number of ether oxygens (including phenoxy) is 1. The van der Waals surface area contributed by atoms with Gasteiger partial charge in [0.05, 0.1) is 0 Å². The molecule has 0 unspecified atom stereocenters. The molecule has 0 saturated heterocycles. The van der Waals surface area contributed by atoms with Crippen LogP contribution in [-0.4, -0.2) is 34.8 Å². The molecular weight excluding hydrogens is 344 g/mol. The van der Waals surface area contributed by atoms with E-state index in [4.69, 9.17) is 9.15 Å². The minimum absolute atomic E-state index is 0.546. The van der Waals surface area contributed by atoms with Gasteiger partial charge in [-0.05, 0) is 57.0 Å². The van der Waals surface area contributed by atoms with Gasteiger partial charge in [0, 0.05) is 13.1 Å². The molecule has 0 saturated carbocycles. The highest BCUT2D eigenvalue weighted by Crippen LogP contribution is 2.23. The molecule has 3 rings (SSSR count). The third-order valence-electron chi connectivity index (χ3n) is 4.39. The molecule has 0 fully saturated rings. The van der Waals surface area contributed by atoms with E-state index in [0.717, 1.165) is 36.2 Å². The van der Waals surface area contributed by atoms with Crippen LogP contribution in [-0.2, 0) is 11.2 Å². The van der Waals surface area contributed by atoms with Gasteiger partial charge in [-0.3, -0.25) is 0 Å². The van der Waals surface area contributed by atoms with Crippen molar-refractivity contribution in [3.8, 4) is 5.75 Å². The number of aromatic nitrogens is 1. The molecule has 0 aliphatic rings. The normalized spacial score (nSPS) is 11.5. The quantitative estimate of drug-likeness (QED) is 0.644. The van der Waals surface area contributed by atoms with E-state index in [0.29, 0.717) is 11.8 Å². The van der Waals surface area contributed by atoms with E-state index in [2.05, 4.69) is 16.8 Å². The van der Waals surface area contributed by atoms with E-state index < -0.39 is 11.6 Å². The first-order valence-corrected chi connectivity index (χ1v) is 9.01. The number of carbonyl (C=O) groups is 1. The summed E-state index contributed by atoms with van der Waals surface area (Å²) in [5.74, 6) is -0.453. The Morgan fingerprint density at radius 2 is 2.00 bits per heavy atom. The van der Waals surface area contributed by atoms with Crippen LogP contribution in [0.2, 0.25) is 0 Å². The first-order chi connectivity index (χ1) is 12.9. The first kappa shape index (κ1) is 18.8. The summed E-state index contributed by atoms with van der Waals surface area (Å²) in [4.78, 5) is 17.9. The zero-order valence-corrected chi connectivity index (χ0v) is 15.8. The summed E-state index contributed by atoms with van der Waals surface area (Å²) < 4.78 is 11.5. The van der Waals surface area contributed by atoms with Crippen molar-refractivity contribution in [2.45, 2.75) is 32.8 Å². The van der Waals surface area contributed by atoms with Crippen molar-refractivity contribution >= 4 is 23.1 Å². The van der Waals surface area contributed by atoms with Crippen molar-refractivity contribution in [3.05, 3.63) is 54.1 Å². The Morgan fingerprint density at radius 1 is 1.22 bits per heavy atom. The summed E-state index contributed by atoms with van der Waals surface area (Å²) in [5.41, 5.74) is 1.41. The number of nitrogens with zero attached hydrogens (tertiary/aromatic N) is 2. The highest BCUT2D eigenvalue weighted by molar-refractivity contribution is 5.76. The predicted molar refractivity (Wildman–Crippen MR) is 104 cm³/mol. The highest BCUT2D eigenvalue weighted by Gasteiger charge is 2.29. The number of oxazole rings is 1. The minimum Gasteiger partial charge on any atom is -0.478 e. The zero-order chi connectivity index (χ0) is 19.4. The van der Waals surface area contributed by atoms with E-state index in [1.807, 2.05) is 42.5 Å². The Labute approximate surface area is 158 Å². The summed E-state index contributed by atoms with van der Waals surface area (Å²) in [7, 11) is 0. The van der Waals surface area contributed by atoms with Crippen LogP contribution < -0.4 is 9.64 Å². The molecule has 6 nitrogen and oxygen atoms in total.